The molecule has 0 spiro atoms. The Balaban J connectivity index is 1.64. The number of rotatable bonds is 4. The topological polar surface area (TPSA) is 49.7 Å². The van der Waals surface area contributed by atoms with Gasteiger partial charge in [0.05, 0.1) is 24.9 Å². The highest BCUT2D eigenvalue weighted by atomic mass is 32.1. The fraction of sp³-hybridized carbons (Fsp3) is 0.789. The third kappa shape index (κ3) is 4.84. The molecule has 0 aromatic carbocycles. The van der Waals surface area contributed by atoms with Gasteiger partial charge in [-0.15, -0.1) is 11.3 Å². The second kappa shape index (κ2) is 8.35. The molecule has 24 heavy (non-hydrogen) atoms. The third-order valence-corrected chi connectivity index (χ3v) is 6.84. The Morgan fingerprint density at radius 2 is 1.88 bits per heavy atom. The molecule has 0 unspecified atom stereocenters. The van der Waals surface area contributed by atoms with Gasteiger partial charge in [-0.3, -0.25) is 0 Å². The molecule has 2 N–H and O–H groups in total. The molecule has 134 valence electrons. The molecule has 2 fully saturated rings. The standard InChI is InChI=1S/C19H31BO3S/c20-19(6-4-2-1-3-5-7-19)11-14-8-18(24-13-14)17-10-15(22)9-16(12-21)23-17/h8,13,15-17,21-22H,1-7,9-12,20H2/t15-,16-,17+/m0/s1. The average Bonchev–Trinajstić information content (AvgIpc) is 2.99. The summed E-state index contributed by atoms with van der Waals surface area (Å²) in [5, 5.41) is 22.1. The van der Waals surface area contributed by atoms with E-state index < -0.39 is 0 Å². The van der Waals surface area contributed by atoms with Crippen LogP contribution in [0.4, 0.5) is 0 Å². The van der Waals surface area contributed by atoms with E-state index in [2.05, 4.69) is 19.3 Å². The summed E-state index contributed by atoms with van der Waals surface area (Å²) >= 11 is 1.75. The Morgan fingerprint density at radius 1 is 1.17 bits per heavy atom. The maximum absolute atomic E-state index is 10.0. The Hall–Kier alpha value is -0.355. The van der Waals surface area contributed by atoms with Gasteiger partial charge in [-0.25, -0.2) is 0 Å². The molecule has 2 heterocycles. The molecule has 1 aromatic rings. The minimum atomic E-state index is -0.366. The number of thiophene rings is 1. The molecule has 3 atom stereocenters. The van der Waals surface area contributed by atoms with Crippen LogP contribution in [-0.4, -0.2) is 36.9 Å². The molecule has 1 saturated carbocycles. The number of ether oxygens (including phenoxy) is 1. The summed E-state index contributed by atoms with van der Waals surface area (Å²) in [6.45, 7) is -0.0101. The predicted octanol–water partition coefficient (Wildman–Crippen LogP) is 3.40. The van der Waals surface area contributed by atoms with Gasteiger partial charge >= 0.3 is 0 Å². The van der Waals surface area contributed by atoms with Gasteiger partial charge in [-0.2, -0.15) is 0 Å². The third-order valence-electron chi connectivity index (χ3n) is 5.76. The van der Waals surface area contributed by atoms with Crippen LogP contribution in [0.3, 0.4) is 0 Å². The molecular formula is C19H31BO3S. The molecule has 1 saturated heterocycles. The second-order valence-electron chi connectivity index (χ2n) is 8.17. The molecule has 0 bridgehead atoms. The van der Waals surface area contributed by atoms with Gasteiger partial charge in [0.25, 0.3) is 0 Å². The van der Waals surface area contributed by atoms with Gasteiger partial charge < -0.3 is 14.9 Å². The van der Waals surface area contributed by atoms with E-state index in [0.717, 1.165) is 6.42 Å². The first kappa shape index (κ1) is 18.4. The molecule has 1 aliphatic carbocycles. The van der Waals surface area contributed by atoms with Crippen molar-refractivity contribution in [2.75, 3.05) is 6.61 Å². The lowest BCUT2D eigenvalue weighted by molar-refractivity contribution is -0.112. The highest BCUT2D eigenvalue weighted by Gasteiger charge is 2.31. The first-order chi connectivity index (χ1) is 11.6. The molecule has 3 nitrogen and oxygen atoms in total. The smallest absolute Gasteiger partial charge is 0.109 e. The number of aliphatic hydroxyl groups is 2. The maximum atomic E-state index is 10.0. The van der Waals surface area contributed by atoms with Gasteiger partial charge in [0.2, 0.25) is 0 Å². The highest BCUT2D eigenvalue weighted by Crippen LogP contribution is 2.42. The van der Waals surface area contributed by atoms with E-state index in [4.69, 9.17) is 4.74 Å². The van der Waals surface area contributed by atoms with Crippen LogP contribution in [0.1, 0.15) is 74.3 Å². The molecule has 2 aliphatic rings. The van der Waals surface area contributed by atoms with Crippen molar-refractivity contribution in [2.45, 2.75) is 87.8 Å². The molecule has 0 amide bonds. The van der Waals surface area contributed by atoms with E-state index >= 15 is 0 Å². The van der Waals surface area contributed by atoms with Crippen LogP contribution in [-0.2, 0) is 11.2 Å². The quantitative estimate of drug-likeness (QED) is 0.819. The molecule has 3 rings (SSSR count). The van der Waals surface area contributed by atoms with Crippen molar-refractivity contribution in [3.05, 3.63) is 21.9 Å². The molecule has 1 aromatic heterocycles. The zero-order valence-corrected chi connectivity index (χ0v) is 15.7. The van der Waals surface area contributed by atoms with Crippen molar-refractivity contribution in [1.29, 1.82) is 0 Å². The van der Waals surface area contributed by atoms with Crippen molar-refractivity contribution in [1.82, 2.24) is 0 Å². The van der Waals surface area contributed by atoms with Crippen LogP contribution >= 0.6 is 11.3 Å². The van der Waals surface area contributed by atoms with Crippen molar-refractivity contribution >= 4 is 19.2 Å². The molecule has 1 aliphatic heterocycles. The van der Waals surface area contributed by atoms with Crippen LogP contribution in [0.2, 0.25) is 5.31 Å². The Bertz CT molecular complexity index is 510. The lowest BCUT2D eigenvalue weighted by Crippen LogP contribution is -2.33. The van der Waals surface area contributed by atoms with Crippen molar-refractivity contribution in [3.8, 4) is 0 Å². The maximum Gasteiger partial charge on any atom is 0.109 e. The Labute approximate surface area is 150 Å². The second-order valence-corrected chi connectivity index (χ2v) is 9.11. The van der Waals surface area contributed by atoms with Crippen molar-refractivity contribution in [2.24, 2.45) is 0 Å². The number of aliphatic hydroxyl groups excluding tert-OH is 2. The zero-order chi connectivity index (χ0) is 17.0. The van der Waals surface area contributed by atoms with Gasteiger partial charge in [-0.05, 0) is 23.4 Å². The fourth-order valence-electron chi connectivity index (χ4n) is 4.38. The molecular weight excluding hydrogens is 319 g/mol. The molecule has 5 heteroatoms. The Morgan fingerprint density at radius 3 is 2.58 bits per heavy atom. The van der Waals surface area contributed by atoms with Crippen LogP contribution in [0.15, 0.2) is 11.4 Å². The van der Waals surface area contributed by atoms with Gasteiger partial charge in [-0.1, -0.05) is 50.3 Å². The molecule has 0 radical (unpaired) electrons. The lowest BCUT2D eigenvalue weighted by atomic mass is 9.59. The first-order valence-corrected chi connectivity index (χ1v) is 10.5. The average molecular weight is 350 g/mol. The van der Waals surface area contributed by atoms with E-state index in [-0.39, 0.29) is 24.9 Å². The summed E-state index contributed by atoms with van der Waals surface area (Å²) in [5.41, 5.74) is 1.42. The van der Waals surface area contributed by atoms with E-state index in [0.29, 0.717) is 18.2 Å². The summed E-state index contributed by atoms with van der Waals surface area (Å²) < 4.78 is 5.96. The van der Waals surface area contributed by atoms with Crippen LogP contribution in [0, 0.1) is 0 Å². The largest absolute Gasteiger partial charge is 0.394 e. The Kier molecular flexibility index (Phi) is 6.41. The normalized spacial score (nSPS) is 31.3. The summed E-state index contributed by atoms with van der Waals surface area (Å²) in [4.78, 5) is 1.21. The van der Waals surface area contributed by atoms with Gasteiger partial charge in [0.15, 0.2) is 0 Å². The van der Waals surface area contributed by atoms with E-state index in [1.807, 2.05) is 0 Å². The van der Waals surface area contributed by atoms with Gasteiger partial charge in [0.1, 0.15) is 7.85 Å². The van der Waals surface area contributed by atoms with E-state index in [9.17, 15) is 10.2 Å². The van der Waals surface area contributed by atoms with Crippen molar-refractivity contribution < 1.29 is 14.9 Å². The zero-order valence-electron chi connectivity index (χ0n) is 14.9. The summed E-state index contributed by atoms with van der Waals surface area (Å²) in [7, 11) is 2.46. The number of hydrogen-bond acceptors (Lipinski definition) is 4. The minimum absolute atomic E-state index is 0.0101. The monoisotopic (exact) mass is 350 g/mol. The first-order valence-electron chi connectivity index (χ1n) is 9.60. The van der Waals surface area contributed by atoms with Crippen LogP contribution < -0.4 is 0 Å². The summed E-state index contributed by atoms with van der Waals surface area (Å²) in [5.74, 6) is 0. The SMILES string of the molecule is BC1(Cc2csc([C@H]3C[C@@H](O)C[C@@H](CO)O3)c2)CCCCCCC1. The lowest BCUT2D eigenvalue weighted by Gasteiger charge is -2.32. The highest BCUT2D eigenvalue weighted by molar-refractivity contribution is 7.10. The predicted molar refractivity (Wildman–Crippen MR) is 102 cm³/mol. The van der Waals surface area contributed by atoms with Crippen molar-refractivity contribution in [3.63, 3.8) is 0 Å². The summed E-state index contributed by atoms with van der Waals surface area (Å²) in [6.07, 6.45) is 11.3. The number of hydrogen-bond donors (Lipinski definition) is 2. The fourth-order valence-corrected chi connectivity index (χ4v) is 5.34. The van der Waals surface area contributed by atoms with Gasteiger partial charge in [0, 0.05) is 17.7 Å². The van der Waals surface area contributed by atoms with Crippen LogP contribution in [0.25, 0.3) is 0 Å². The minimum Gasteiger partial charge on any atom is -0.394 e. The van der Waals surface area contributed by atoms with Crippen LogP contribution in [0.5, 0.6) is 0 Å². The van der Waals surface area contributed by atoms with E-state index in [1.165, 1.54) is 55.4 Å². The van der Waals surface area contributed by atoms with E-state index in [1.54, 1.807) is 11.3 Å². The summed E-state index contributed by atoms with van der Waals surface area (Å²) in [6, 6.07) is 2.28.